The summed E-state index contributed by atoms with van der Waals surface area (Å²) in [5.41, 5.74) is 4.37. The van der Waals surface area contributed by atoms with Crippen LogP contribution in [0.25, 0.3) is 22.3 Å². The van der Waals surface area contributed by atoms with Gasteiger partial charge in [-0.3, -0.25) is 0 Å². The molecule has 0 saturated carbocycles. The van der Waals surface area contributed by atoms with Crippen molar-refractivity contribution in [1.82, 2.24) is 0 Å². The van der Waals surface area contributed by atoms with Gasteiger partial charge in [-0.2, -0.15) is 0 Å². The van der Waals surface area contributed by atoms with E-state index >= 15 is 0 Å². The van der Waals surface area contributed by atoms with Crippen molar-refractivity contribution in [3.05, 3.63) is 113 Å². The van der Waals surface area contributed by atoms with E-state index < -0.39 is 11.6 Å². The molecule has 0 radical (unpaired) electrons. The molecule has 4 heteroatoms. The lowest BCUT2D eigenvalue weighted by Gasteiger charge is -2.12. The molecular weight excluding hydrogens is 445 g/mol. The van der Waals surface area contributed by atoms with Crippen molar-refractivity contribution in [1.29, 1.82) is 0 Å². The molecule has 0 bridgehead atoms. The van der Waals surface area contributed by atoms with Crippen molar-refractivity contribution in [3.63, 3.8) is 0 Å². The molecule has 0 aliphatic heterocycles. The van der Waals surface area contributed by atoms with Crippen LogP contribution < -0.4 is 4.74 Å². The SMILES string of the molecule is CCCCc1ccc(-c2ccc(OCc3ccc(-c4ccc(CC)cc4)c(F)c3F)cc2)c(F)c1. The van der Waals surface area contributed by atoms with Gasteiger partial charge in [0.25, 0.3) is 0 Å². The average Bonchev–Trinajstić information content (AvgIpc) is 2.89. The van der Waals surface area contributed by atoms with Crippen LogP contribution in [-0.4, -0.2) is 0 Å². The van der Waals surface area contributed by atoms with Gasteiger partial charge in [0.15, 0.2) is 11.6 Å². The van der Waals surface area contributed by atoms with E-state index in [0.717, 1.165) is 42.4 Å². The van der Waals surface area contributed by atoms with Crippen LogP contribution >= 0.6 is 0 Å². The van der Waals surface area contributed by atoms with E-state index in [1.165, 1.54) is 0 Å². The summed E-state index contributed by atoms with van der Waals surface area (Å²) in [7, 11) is 0. The van der Waals surface area contributed by atoms with Gasteiger partial charge in [0.2, 0.25) is 0 Å². The second-order valence-corrected chi connectivity index (χ2v) is 8.68. The summed E-state index contributed by atoms with van der Waals surface area (Å²) < 4.78 is 49.8. The van der Waals surface area contributed by atoms with Gasteiger partial charge in [-0.1, -0.05) is 80.9 Å². The molecule has 0 heterocycles. The third kappa shape index (κ3) is 5.76. The summed E-state index contributed by atoms with van der Waals surface area (Å²) in [6.07, 6.45) is 3.85. The van der Waals surface area contributed by atoms with Gasteiger partial charge in [-0.25, -0.2) is 13.2 Å². The summed E-state index contributed by atoms with van der Waals surface area (Å²) in [5, 5.41) is 0. The Balaban J connectivity index is 1.44. The van der Waals surface area contributed by atoms with E-state index in [1.54, 1.807) is 60.7 Å². The predicted octanol–water partition coefficient (Wildman–Crippen LogP) is 8.92. The lowest BCUT2D eigenvalue weighted by Crippen LogP contribution is -2.02. The minimum Gasteiger partial charge on any atom is -0.489 e. The monoisotopic (exact) mass is 474 g/mol. The zero-order valence-corrected chi connectivity index (χ0v) is 20.1. The first-order chi connectivity index (χ1) is 17.0. The maximum atomic E-state index is 14.8. The predicted molar refractivity (Wildman–Crippen MR) is 136 cm³/mol. The smallest absolute Gasteiger partial charge is 0.167 e. The molecule has 0 aromatic heterocycles. The number of hydrogen-bond donors (Lipinski definition) is 0. The summed E-state index contributed by atoms with van der Waals surface area (Å²) in [5.74, 6) is -1.56. The topological polar surface area (TPSA) is 9.23 Å². The largest absolute Gasteiger partial charge is 0.489 e. The van der Waals surface area contributed by atoms with Crippen LogP contribution in [0.1, 0.15) is 43.4 Å². The summed E-state index contributed by atoms with van der Waals surface area (Å²) >= 11 is 0. The number of rotatable bonds is 9. The number of aryl methyl sites for hydroxylation is 2. The van der Waals surface area contributed by atoms with Gasteiger partial charge in [0.05, 0.1) is 0 Å². The quantitative estimate of drug-likeness (QED) is 0.235. The van der Waals surface area contributed by atoms with Crippen LogP contribution in [0.4, 0.5) is 13.2 Å². The fourth-order valence-corrected chi connectivity index (χ4v) is 4.06. The van der Waals surface area contributed by atoms with E-state index in [9.17, 15) is 13.2 Å². The first kappa shape index (κ1) is 24.6. The molecule has 0 aliphatic rings. The third-order valence-electron chi connectivity index (χ3n) is 6.25. The molecule has 4 aromatic rings. The van der Waals surface area contributed by atoms with Crippen molar-refractivity contribution >= 4 is 0 Å². The van der Waals surface area contributed by atoms with Gasteiger partial charge in [-0.05, 0) is 59.7 Å². The molecule has 4 rings (SSSR count). The molecule has 0 spiro atoms. The van der Waals surface area contributed by atoms with Gasteiger partial charge in [0, 0.05) is 16.7 Å². The highest BCUT2D eigenvalue weighted by atomic mass is 19.2. The van der Waals surface area contributed by atoms with Gasteiger partial charge in [0.1, 0.15) is 18.2 Å². The van der Waals surface area contributed by atoms with Crippen molar-refractivity contribution in [2.24, 2.45) is 0 Å². The Bertz CT molecular complexity index is 1280. The molecule has 0 amide bonds. The first-order valence-corrected chi connectivity index (χ1v) is 12.1. The van der Waals surface area contributed by atoms with Crippen molar-refractivity contribution < 1.29 is 17.9 Å². The van der Waals surface area contributed by atoms with Crippen LogP contribution in [0, 0.1) is 17.5 Å². The minimum absolute atomic E-state index is 0.113. The fourth-order valence-electron chi connectivity index (χ4n) is 4.06. The third-order valence-corrected chi connectivity index (χ3v) is 6.25. The highest BCUT2D eigenvalue weighted by Crippen LogP contribution is 2.29. The van der Waals surface area contributed by atoms with Gasteiger partial charge >= 0.3 is 0 Å². The molecule has 0 aliphatic carbocycles. The molecule has 0 fully saturated rings. The molecule has 180 valence electrons. The Morgan fingerprint density at radius 3 is 1.94 bits per heavy atom. The Morgan fingerprint density at radius 2 is 1.29 bits per heavy atom. The highest BCUT2D eigenvalue weighted by molar-refractivity contribution is 5.66. The number of benzene rings is 4. The lowest BCUT2D eigenvalue weighted by atomic mass is 10.0. The Morgan fingerprint density at radius 1 is 0.657 bits per heavy atom. The number of halogens is 3. The molecular formula is C31H29F3O. The van der Waals surface area contributed by atoms with E-state index in [-0.39, 0.29) is 23.6 Å². The molecule has 35 heavy (non-hydrogen) atoms. The van der Waals surface area contributed by atoms with E-state index in [2.05, 4.69) is 6.92 Å². The number of ether oxygens (including phenoxy) is 1. The zero-order valence-electron chi connectivity index (χ0n) is 20.1. The summed E-state index contributed by atoms with van der Waals surface area (Å²) in [6.45, 7) is 4.04. The zero-order chi connectivity index (χ0) is 24.8. The van der Waals surface area contributed by atoms with Crippen LogP contribution in [0.15, 0.2) is 78.9 Å². The van der Waals surface area contributed by atoms with Crippen LogP contribution in [0.5, 0.6) is 5.75 Å². The van der Waals surface area contributed by atoms with Crippen molar-refractivity contribution in [2.75, 3.05) is 0 Å². The lowest BCUT2D eigenvalue weighted by molar-refractivity contribution is 0.297. The van der Waals surface area contributed by atoms with Crippen molar-refractivity contribution in [3.8, 4) is 28.0 Å². The van der Waals surface area contributed by atoms with Crippen LogP contribution in [0.2, 0.25) is 0 Å². The maximum Gasteiger partial charge on any atom is 0.167 e. The average molecular weight is 475 g/mol. The van der Waals surface area contributed by atoms with E-state index in [1.807, 2.05) is 25.1 Å². The molecule has 0 atom stereocenters. The second-order valence-electron chi connectivity index (χ2n) is 8.68. The summed E-state index contributed by atoms with van der Waals surface area (Å²) in [4.78, 5) is 0. The van der Waals surface area contributed by atoms with E-state index in [4.69, 9.17) is 4.74 Å². The fraction of sp³-hybridized carbons (Fsp3) is 0.226. The normalized spacial score (nSPS) is 11.0. The molecule has 0 unspecified atom stereocenters. The minimum atomic E-state index is -0.913. The molecule has 0 N–H and O–H groups in total. The number of hydrogen-bond acceptors (Lipinski definition) is 1. The Labute approximate surface area is 205 Å². The Kier molecular flexibility index (Phi) is 7.91. The second kappa shape index (κ2) is 11.3. The molecule has 0 saturated heterocycles. The standard InChI is InChI=1S/C31H29F3O/c1-3-5-6-22-9-17-27(29(32)19-22)23-12-15-26(16-13-23)35-20-25-14-18-28(31(34)30(25)33)24-10-7-21(4-2)8-11-24/h7-19H,3-6,20H2,1-2H3. The van der Waals surface area contributed by atoms with Crippen LogP contribution in [0.3, 0.4) is 0 Å². The summed E-state index contributed by atoms with van der Waals surface area (Å²) in [6, 6.07) is 22.8. The Hall–Kier alpha value is -3.53. The van der Waals surface area contributed by atoms with Gasteiger partial charge < -0.3 is 4.74 Å². The number of unbranched alkanes of at least 4 members (excludes halogenated alkanes) is 1. The van der Waals surface area contributed by atoms with E-state index in [0.29, 0.717) is 16.9 Å². The first-order valence-electron chi connectivity index (χ1n) is 12.1. The van der Waals surface area contributed by atoms with Crippen molar-refractivity contribution in [2.45, 2.75) is 46.1 Å². The molecule has 4 aromatic carbocycles. The maximum absolute atomic E-state index is 14.8. The highest BCUT2D eigenvalue weighted by Gasteiger charge is 2.15. The van der Waals surface area contributed by atoms with Gasteiger partial charge in [-0.15, -0.1) is 0 Å². The van der Waals surface area contributed by atoms with Crippen LogP contribution in [-0.2, 0) is 19.4 Å². The molecule has 1 nitrogen and oxygen atoms in total.